The highest BCUT2D eigenvalue weighted by Gasteiger charge is 2.27. The van der Waals surface area contributed by atoms with Gasteiger partial charge in [-0.15, -0.1) is 0 Å². The van der Waals surface area contributed by atoms with Crippen LogP contribution in [0, 0.1) is 11.8 Å². The maximum Gasteiger partial charge on any atom is 0.131 e. The molecule has 6 rings (SSSR count). The van der Waals surface area contributed by atoms with Gasteiger partial charge >= 0.3 is 0 Å². The Balaban J connectivity index is 1.14. The van der Waals surface area contributed by atoms with Gasteiger partial charge in [-0.05, 0) is 173 Å². The van der Waals surface area contributed by atoms with E-state index in [1.165, 1.54) is 213 Å². The highest BCUT2D eigenvalue weighted by atomic mass is 16.5. The predicted molar refractivity (Wildman–Crippen MR) is 284 cm³/mol. The van der Waals surface area contributed by atoms with E-state index in [0.717, 1.165) is 61.7 Å². The summed E-state index contributed by atoms with van der Waals surface area (Å²) >= 11 is 0. The number of hydrogen-bond donors (Lipinski definition) is 0. The molecule has 0 amide bonds. The number of aromatic nitrogens is 4. The third-order valence-electron chi connectivity index (χ3n) is 15.6. The highest BCUT2D eigenvalue weighted by Crippen LogP contribution is 2.41. The average molecular weight is 911 g/mol. The fourth-order valence-corrected chi connectivity index (χ4v) is 11.2. The van der Waals surface area contributed by atoms with Gasteiger partial charge in [0.1, 0.15) is 23.1 Å². The van der Waals surface area contributed by atoms with E-state index in [4.69, 9.17) is 24.7 Å². The third kappa shape index (κ3) is 18.7. The van der Waals surface area contributed by atoms with Crippen molar-refractivity contribution in [2.24, 2.45) is 11.8 Å². The Morgan fingerprint density at radius 1 is 0.373 bits per heavy atom. The van der Waals surface area contributed by atoms with Gasteiger partial charge in [-0.2, -0.15) is 0 Å². The summed E-state index contributed by atoms with van der Waals surface area (Å²) in [6.07, 6.45) is 51.1. The summed E-state index contributed by atoms with van der Waals surface area (Å²) in [7, 11) is 0. The average Bonchev–Trinajstić information content (AvgIpc) is 3.36. The molecule has 0 atom stereocenters. The summed E-state index contributed by atoms with van der Waals surface area (Å²) in [6.45, 7) is 9.15. The van der Waals surface area contributed by atoms with Crippen molar-refractivity contribution in [1.82, 2.24) is 19.9 Å². The minimum Gasteiger partial charge on any atom is -0.457 e. The predicted octanol–water partition coefficient (Wildman–Crippen LogP) is 18.1. The van der Waals surface area contributed by atoms with Crippen molar-refractivity contribution in [3.05, 3.63) is 106 Å². The Labute approximate surface area is 410 Å². The van der Waals surface area contributed by atoms with E-state index in [1.54, 1.807) is 0 Å². The molecular formula is C62H94N4O. The van der Waals surface area contributed by atoms with E-state index in [2.05, 4.69) is 88.9 Å². The van der Waals surface area contributed by atoms with Gasteiger partial charge < -0.3 is 4.74 Å². The molecule has 2 aliphatic rings. The molecule has 368 valence electrons. The van der Waals surface area contributed by atoms with Crippen LogP contribution in [-0.2, 0) is 38.5 Å². The lowest BCUT2D eigenvalue weighted by atomic mass is 9.78. The fraction of sp³-hybridized carbons (Fsp3) is 0.677. The third-order valence-corrected chi connectivity index (χ3v) is 15.6. The van der Waals surface area contributed by atoms with Crippen molar-refractivity contribution >= 4 is 0 Å². The van der Waals surface area contributed by atoms with E-state index in [9.17, 15) is 0 Å². The zero-order chi connectivity index (χ0) is 46.7. The Kier molecular flexibility index (Phi) is 24.3. The van der Waals surface area contributed by atoms with Gasteiger partial charge in [0.2, 0.25) is 0 Å². The van der Waals surface area contributed by atoms with E-state index in [0.29, 0.717) is 23.7 Å². The van der Waals surface area contributed by atoms with E-state index >= 15 is 0 Å². The molecule has 2 aromatic heterocycles. The largest absolute Gasteiger partial charge is 0.457 e. The molecule has 0 aliphatic heterocycles. The molecule has 5 heteroatoms. The fourth-order valence-electron chi connectivity index (χ4n) is 11.2. The Morgan fingerprint density at radius 3 is 1.06 bits per heavy atom. The second-order valence-corrected chi connectivity index (χ2v) is 21.4. The lowest BCUT2D eigenvalue weighted by Crippen LogP contribution is -2.18. The zero-order valence-electron chi connectivity index (χ0n) is 43.3. The van der Waals surface area contributed by atoms with Crippen molar-refractivity contribution in [2.45, 2.75) is 258 Å². The molecule has 0 bridgehead atoms. The van der Waals surface area contributed by atoms with E-state index in [1.807, 2.05) is 0 Å². The zero-order valence-corrected chi connectivity index (χ0v) is 43.3. The molecule has 0 spiro atoms. The standard InChI is InChI=1S/C62H94N4O/c1-5-9-13-15-17-19-23-25-49-33-39-59(57(41-49)43-51-29-35-55(36-30-51)61-63-45-53(46-64-61)27-21-11-7-3)67-60-40-34-50(26-24-20-18-16-14-10-6-2)42-58(60)44-52-31-37-56(38-32-52)62-65-47-54(48-66-62)28-22-12-8-4/h33-34,39-42,45-48,51-52,55-56H,5-32,35-38,43-44H2,1-4H3. The SMILES string of the molecule is CCCCCCCCCc1ccc(Oc2ccc(CCCCCCCCC)cc2CC2CCC(c3ncc(CCCCC)cn3)CC2)c(CC2CCC(c3ncc(CCCCC)cn3)CC2)c1. The van der Waals surface area contributed by atoms with E-state index in [-0.39, 0.29) is 0 Å². The molecule has 2 fully saturated rings. The van der Waals surface area contributed by atoms with Crippen LogP contribution in [0.25, 0.3) is 0 Å². The first-order chi connectivity index (χ1) is 33.0. The number of hydrogen-bond acceptors (Lipinski definition) is 5. The van der Waals surface area contributed by atoms with E-state index < -0.39 is 0 Å². The summed E-state index contributed by atoms with van der Waals surface area (Å²) < 4.78 is 7.23. The van der Waals surface area contributed by atoms with Gasteiger partial charge in [-0.25, -0.2) is 19.9 Å². The molecule has 67 heavy (non-hydrogen) atoms. The number of unbranched alkanes of at least 4 members (excludes halogenated alkanes) is 16. The number of ether oxygens (including phenoxy) is 1. The molecule has 0 unspecified atom stereocenters. The number of aryl methyl sites for hydroxylation is 4. The highest BCUT2D eigenvalue weighted by molar-refractivity contribution is 5.45. The van der Waals surface area contributed by atoms with Crippen LogP contribution in [0.1, 0.15) is 264 Å². The molecule has 0 N–H and O–H groups in total. The van der Waals surface area contributed by atoms with Gasteiger partial charge in [0.05, 0.1) is 0 Å². The van der Waals surface area contributed by atoms with Crippen LogP contribution < -0.4 is 4.74 Å². The lowest BCUT2D eigenvalue weighted by Gasteiger charge is -2.29. The van der Waals surface area contributed by atoms with Crippen molar-refractivity contribution in [3.63, 3.8) is 0 Å². The molecule has 2 aromatic carbocycles. The van der Waals surface area contributed by atoms with Crippen LogP contribution in [0.15, 0.2) is 61.2 Å². The van der Waals surface area contributed by atoms with Gasteiger partial charge in [0.25, 0.3) is 0 Å². The molecule has 2 aliphatic carbocycles. The minimum absolute atomic E-state index is 0.478. The normalized spacial score (nSPS) is 18.6. The molecule has 2 saturated carbocycles. The second kappa shape index (κ2) is 30.8. The van der Waals surface area contributed by atoms with Gasteiger partial charge in [0, 0.05) is 36.6 Å². The summed E-state index contributed by atoms with van der Waals surface area (Å²) in [5.74, 6) is 6.55. The maximum atomic E-state index is 7.23. The van der Waals surface area contributed by atoms with Crippen LogP contribution in [0.5, 0.6) is 11.5 Å². The van der Waals surface area contributed by atoms with Crippen LogP contribution in [-0.4, -0.2) is 19.9 Å². The molecule has 0 radical (unpaired) electrons. The molecule has 5 nitrogen and oxygen atoms in total. The summed E-state index contributed by atoms with van der Waals surface area (Å²) in [5.41, 5.74) is 8.36. The number of rotatable bonds is 32. The lowest BCUT2D eigenvalue weighted by molar-refractivity contribution is 0.312. The Morgan fingerprint density at radius 2 is 0.687 bits per heavy atom. The first-order valence-electron chi connectivity index (χ1n) is 28.6. The second-order valence-electron chi connectivity index (χ2n) is 21.4. The van der Waals surface area contributed by atoms with Gasteiger partial charge in [0.15, 0.2) is 0 Å². The van der Waals surface area contributed by atoms with Crippen molar-refractivity contribution < 1.29 is 4.74 Å². The van der Waals surface area contributed by atoms with Gasteiger partial charge in [-0.1, -0.05) is 155 Å². The summed E-state index contributed by atoms with van der Waals surface area (Å²) in [6, 6.07) is 14.5. The molecule has 4 aromatic rings. The minimum atomic E-state index is 0.478. The monoisotopic (exact) mass is 911 g/mol. The van der Waals surface area contributed by atoms with Crippen molar-refractivity contribution in [2.75, 3.05) is 0 Å². The maximum absolute atomic E-state index is 7.23. The van der Waals surface area contributed by atoms with Crippen LogP contribution in [0.2, 0.25) is 0 Å². The Hall–Kier alpha value is -3.60. The number of benzene rings is 2. The van der Waals surface area contributed by atoms with Crippen LogP contribution in [0.4, 0.5) is 0 Å². The smallest absolute Gasteiger partial charge is 0.131 e. The molecular weight excluding hydrogens is 817 g/mol. The molecule has 0 saturated heterocycles. The van der Waals surface area contributed by atoms with Crippen molar-refractivity contribution in [3.8, 4) is 11.5 Å². The molecule has 2 heterocycles. The van der Waals surface area contributed by atoms with Gasteiger partial charge in [-0.3, -0.25) is 0 Å². The first-order valence-corrected chi connectivity index (χ1v) is 28.6. The van der Waals surface area contributed by atoms with Crippen molar-refractivity contribution in [1.29, 1.82) is 0 Å². The quantitative estimate of drug-likeness (QED) is 0.0457. The van der Waals surface area contributed by atoms with Crippen LogP contribution in [0.3, 0.4) is 0 Å². The topological polar surface area (TPSA) is 60.8 Å². The Bertz CT molecular complexity index is 1770. The van der Waals surface area contributed by atoms with Crippen LogP contribution >= 0.6 is 0 Å². The summed E-state index contributed by atoms with van der Waals surface area (Å²) in [4.78, 5) is 19.6. The number of nitrogens with zero attached hydrogens (tertiary/aromatic N) is 4. The summed E-state index contributed by atoms with van der Waals surface area (Å²) in [5, 5.41) is 0. The first kappa shape index (κ1) is 52.8.